The summed E-state index contributed by atoms with van der Waals surface area (Å²) in [6.07, 6.45) is 1.66. The van der Waals surface area contributed by atoms with Gasteiger partial charge in [-0.3, -0.25) is 4.79 Å². The Kier molecular flexibility index (Phi) is 4.74. The molecule has 2 heterocycles. The smallest absolute Gasteiger partial charge is 0.226 e. The van der Waals surface area contributed by atoms with Crippen LogP contribution in [0.3, 0.4) is 0 Å². The maximum atomic E-state index is 12.7. The third-order valence-corrected chi connectivity index (χ3v) is 6.92. The second-order valence-electron chi connectivity index (χ2n) is 7.65. The first-order chi connectivity index (χ1) is 10.5. The molecule has 1 saturated heterocycles. The molecular weight excluding hydrogens is 316 g/mol. The van der Waals surface area contributed by atoms with E-state index in [0.717, 1.165) is 12.8 Å². The summed E-state index contributed by atoms with van der Waals surface area (Å²) in [6.45, 7) is 9.92. The van der Waals surface area contributed by atoms with Crippen LogP contribution in [0.5, 0.6) is 0 Å². The Morgan fingerprint density at radius 1 is 1.22 bits per heavy atom. The highest BCUT2D eigenvalue weighted by molar-refractivity contribution is 7.91. The molecule has 130 valence electrons. The van der Waals surface area contributed by atoms with Gasteiger partial charge < -0.3 is 4.52 Å². The van der Waals surface area contributed by atoms with E-state index in [4.69, 9.17) is 4.52 Å². The standard InChI is InChI=1S/C16H26N2O4S/c1-15(2,3)14-11-12(17-22-14)10-13(19)16(4,5)23(20,21)18-8-6-7-9-18/h11H,6-10H2,1-5H3. The fourth-order valence-corrected chi connectivity index (χ4v) is 4.27. The lowest BCUT2D eigenvalue weighted by molar-refractivity contribution is -0.120. The molecule has 2 rings (SSSR count). The van der Waals surface area contributed by atoms with Gasteiger partial charge in [0.1, 0.15) is 10.5 Å². The Labute approximate surface area is 138 Å². The Bertz CT molecular complexity index is 677. The number of Topliss-reactive ketones (excluding diaryl/α,β-unsaturated/α-hetero) is 1. The van der Waals surface area contributed by atoms with Gasteiger partial charge in [-0.05, 0) is 26.7 Å². The normalized spacial score (nSPS) is 17.6. The van der Waals surface area contributed by atoms with Crippen LogP contribution in [-0.4, -0.2) is 41.5 Å². The van der Waals surface area contributed by atoms with Gasteiger partial charge in [0.25, 0.3) is 0 Å². The summed E-state index contributed by atoms with van der Waals surface area (Å²) in [6, 6.07) is 1.73. The van der Waals surface area contributed by atoms with Crippen molar-refractivity contribution in [1.82, 2.24) is 9.46 Å². The van der Waals surface area contributed by atoms with Crippen LogP contribution in [0.2, 0.25) is 0 Å². The lowest BCUT2D eigenvalue weighted by Gasteiger charge is -2.28. The van der Waals surface area contributed by atoms with Gasteiger partial charge in [0.05, 0.1) is 12.1 Å². The van der Waals surface area contributed by atoms with E-state index in [1.807, 2.05) is 20.8 Å². The average molecular weight is 342 g/mol. The first-order valence-electron chi connectivity index (χ1n) is 7.95. The summed E-state index contributed by atoms with van der Waals surface area (Å²) in [7, 11) is -3.65. The van der Waals surface area contributed by atoms with Crippen LogP contribution < -0.4 is 0 Å². The van der Waals surface area contributed by atoms with Crippen LogP contribution in [0.1, 0.15) is 58.9 Å². The zero-order valence-electron chi connectivity index (χ0n) is 14.5. The minimum atomic E-state index is -3.65. The van der Waals surface area contributed by atoms with Gasteiger partial charge in [-0.25, -0.2) is 12.7 Å². The van der Waals surface area contributed by atoms with E-state index in [1.165, 1.54) is 18.2 Å². The number of carbonyl (C=O) groups is 1. The summed E-state index contributed by atoms with van der Waals surface area (Å²) in [5, 5.41) is 3.91. The number of rotatable bonds is 5. The first kappa shape index (κ1) is 18.1. The minimum Gasteiger partial charge on any atom is -0.361 e. The van der Waals surface area contributed by atoms with E-state index < -0.39 is 14.8 Å². The van der Waals surface area contributed by atoms with Crippen molar-refractivity contribution in [3.8, 4) is 0 Å². The van der Waals surface area contributed by atoms with Crippen molar-refractivity contribution in [3.63, 3.8) is 0 Å². The van der Waals surface area contributed by atoms with Crippen molar-refractivity contribution in [2.75, 3.05) is 13.1 Å². The molecule has 23 heavy (non-hydrogen) atoms. The fourth-order valence-electron chi connectivity index (χ4n) is 2.52. The molecule has 1 aromatic rings. The highest BCUT2D eigenvalue weighted by Crippen LogP contribution is 2.28. The number of sulfonamides is 1. The lowest BCUT2D eigenvalue weighted by atomic mass is 9.92. The van der Waals surface area contributed by atoms with Gasteiger partial charge in [-0.2, -0.15) is 0 Å². The van der Waals surface area contributed by atoms with Crippen LogP contribution >= 0.6 is 0 Å². The summed E-state index contributed by atoms with van der Waals surface area (Å²) in [4.78, 5) is 12.6. The molecule has 1 aromatic heterocycles. The van der Waals surface area contributed by atoms with Gasteiger partial charge in [-0.1, -0.05) is 25.9 Å². The van der Waals surface area contributed by atoms with Crippen LogP contribution in [0.25, 0.3) is 0 Å². The van der Waals surface area contributed by atoms with Crippen molar-refractivity contribution in [3.05, 3.63) is 17.5 Å². The second kappa shape index (κ2) is 6.02. The van der Waals surface area contributed by atoms with E-state index >= 15 is 0 Å². The Morgan fingerprint density at radius 3 is 2.26 bits per heavy atom. The van der Waals surface area contributed by atoms with Crippen molar-refractivity contribution in [2.45, 2.75) is 64.0 Å². The summed E-state index contributed by atoms with van der Waals surface area (Å²) in [5.74, 6) is 0.318. The molecule has 0 unspecified atom stereocenters. The highest BCUT2D eigenvalue weighted by atomic mass is 32.2. The highest BCUT2D eigenvalue weighted by Gasteiger charge is 2.45. The van der Waals surface area contributed by atoms with Crippen molar-refractivity contribution in [1.29, 1.82) is 0 Å². The molecule has 1 fully saturated rings. The number of nitrogens with zero attached hydrogens (tertiary/aromatic N) is 2. The molecular formula is C16H26N2O4S. The molecule has 0 amide bonds. The predicted molar refractivity (Wildman–Crippen MR) is 87.7 cm³/mol. The van der Waals surface area contributed by atoms with Crippen LogP contribution in [0, 0.1) is 0 Å². The minimum absolute atomic E-state index is 0.0420. The van der Waals surface area contributed by atoms with E-state index in [1.54, 1.807) is 6.07 Å². The monoisotopic (exact) mass is 342 g/mol. The molecule has 7 heteroatoms. The molecule has 0 aromatic carbocycles. The molecule has 0 spiro atoms. The molecule has 0 bridgehead atoms. The van der Waals surface area contributed by atoms with Gasteiger partial charge >= 0.3 is 0 Å². The topological polar surface area (TPSA) is 80.5 Å². The largest absolute Gasteiger partial charge is 0.361 e. The molecule has 6 nitrogen and oxygen atoms in total. The second-order valence-corrected chi connectivity index (χ2v) is 10.1. The third kappa shape index (κ3) is 3.50. The van der Waals surface area contributed by atoms with Gasteiger partial charge in [0.15, 0.2) is 5.78 Å². The van der Waals surface area contributed by atoms with Gasteiger partial charge in [-0.15, -0.1) is 0 Å². The molecule has 0 radical (unpaired) electrons. The molecule has 0 atom stereocenters. The average Bonchev–Trinajstić information content (AvgIpc) is 3.08. The maximum absolute atomic E-state index is 12.7. The Hall–Kier alpha value is -1.21. The van der Waals surface area contributed by atoms with Crippen molar-refractivity contribution in [2.24, 2.45) is 0 Å². The molecule has 0 saturated carbocycles. The fraction of sp³-hybridized carbons (Fsp3) is 0.750. The molecule has 1 aliphatic heterocycles. The summed E-state index contributed by atoms with van der Waals surface area (Å²) >= 11 is 0. The number of hydrogen-bond acceptors (Lipinski definition) is 5. The quantitative estimate of drug-likeness (QED) is 0.820. The summed E-state index contributed by atoms with van der Waals surface area (Å²) in [5.41, 5.74) is 0.274. The zero-order valence-corrected chi connectivity index (χ0v) is 15.4. The molecule has 1 aliphatic rings. The maximum Gasteiger partial charge on any atom is 0.226 e. The van der Waals surface area contributed by atoms with Crippen LogP contribution in [0.15, 0.2) is 10.6 Å². The number of ketones is 1. The summed E-state index contributed by atoms with van der Waals surface area (Å²) < 4.78 is 30.7. The molecule has 0 N–H and O–H groups in total. The number of aromatic nitrogens is 1. The van der Waals surface area contributed by atoms with Crippen LogP contribution in [0.4, 0.5) is 0 Å². The Morgan fingerprint density at radius 2 is 1.78 bits per heavy atom. The number of carbonyl (C=O) groups excluding carboxylic acids is 1. The zero-order chi connectivity index (χ0) is 17.5. The van der Waals surface area contributed by atoms with Gasteiger partial charge in [0, 0.05) is 24.6 Å². The first-order valence-corrected chi connectivity index (χ1v) is 9.39. The van der Waals surface area contributed by atoms with Crippen molar-refractivity contribution >= 4 is 15.8 Å². The third-order valence-electron chi connectivity index (χ3n) is 4.36. The van der Waals surface area contributed by atoms with E-state index in [2.05, 4.69) is 5.16 Å². The lowest BCUT2D eigenvalue weighted by Crippen LogP contribution is -2.49. The van der Waals surface area contributed by atoms with Crippen LogP contribution in [-0.2, 0) is 26.7 Å². The van der Waals surface area contributed by atoms with Gasteiger partial charge in [0.2, 0.25) is 10.0 Å². The number of hydrogen-bond donors (Lipinski definition) is 0. The molecule has 0 aliphatic carbocycles. The van der Waals surface area contributed by atoms with E-state index in [9.17, 15) is 13.2 Å². The van der Waals surface area contributed by atoms with E-state index in [0.29, 0.717) is 24.5 Å². The SMILES string of the molecule is CC(C)(C)c1cc(CC(=O)C(C)(C)S(=O)(=O)N2CCCC2)no1. The predicted octanol–water partition coefficient (Wildman–Crippen LogP) is 2.29. The Balaban J connectivity index is 2.17. The van der Waals surface area contributed by atoms with E-state index in [-0.39, 0.29) is 17.6 Å². The van der Waals surface area contributed by atoms with Crippen molar-refractivity contribution < 1.29 is 17.7 Å².